The highest BCUT2D eigenvalue weighted by atomic mass is 16.7. The molecular weight excluding hydrogens is 336 g/mol. The molecular formula is C19H28N2O5. The van der Waals surface area contributed by atoms with Crippen LogP contribution in [0.4, 0.5) is 0 Å². The highest BCUT2D eigenvalue weighted by Crippen LogP contribution is 2.38. The van der Waals surface area contributed by atoms with Gasteiger partial charge in [0.2, 0.25) is 17.7 Å². The first-order valence-corrected chi connectivity index (χ1v) is 10.0. The first kappa shape index (κ1) is 17.9. The lowest BCUT2D eigenvalue weighted by atomic mass is 9.81. The first-order valence-electron chi connectivity index (χ1n) is 10.0. The molecule has 4 fully saturated rings. The Hall–Kier alpha value is -1.47. The van der Waals surface area contributed by atoms with Crippen LogP contribution in [0.1, 0.15) is 51.4 Å². The minimum absolute atomic E-state index is 0.00993. The fourth-order valence-electron chi connectivity index (χ4n) is 4.95. The smallest absolute Gasteiger partial charge is 0.233 e. The van der Waals surface area contributed by atoms with Gasteiger partial charge in [-0.25, -0.2) is 0 Å². The average molecular weight is 364 g/mol. The van der Waals surface area contributed by atoms with E-state index in [-0.39, 0.29) is 54.9 Å². The second-order valence-corrected chi connectivity index (χ2v) is 7.84. The highest BCUT2D eigenvalue weighted by molar-refractivity contribution is 6.05. The van der Waals surface area contributed by atoms with Crippen molar-refractivity contribution >= 4 is 17.7 Å². The molecule has 4 aliphatic rings. The molecule has 7 heteroatoms. The fraction of sp³-hybridized carbons (Fsp3) is 0.842. The predicted molar refractivity (Wildman–Crippen MR) is 91.8 cm³/mol. The Kier molecular flexibility index (Phi) is 5.27. The minimum Gasteiger partial charge on any atom is -0.348 e. The topological polar surface area (TPSA) is 76.2 Å². The molecule has 0 N–H and O–H groups in total. The second kappa shape index (κ2) is 7.64. The maximum absolute atomic E-state index is 12.8. The van der Waals surface area contributed by atoms with Crippen LogP contribution in [0.2, 0.25) is 0 Å². The number of fused-ring (bicyclic) bond motifs is 1. The molecule has 3 aliphatic heterocycles. The second-order valence-electron chi connectivity index (χ2n) is 7.84. The van der Waals surface area contributed by atoms with Gasteiger partial charge in [0.15, 0.2) is 6.29 Å². The molecule has 7 nitrogen and oxygen atoms in total. The zero-order valence-corrected chi connectivity index (χ0v) is 15.2. The Morgan fingerprint density at radius 3 is 2.19 bits per heavy atom. The van der Waals surface area contributed by atoms with Gasteiger partial charge in [-0.3, -0.25) is 19.3 Å². The van der Waals surface area contributed by atoms with E-state index in [2.05, 4.69) is 0 Å². The van der Waals surface area contributed by atoms with Crippen molar-refractivity contribution in [2.75, 3.05) is 26.3 Å². The maximum Gasteiger partial charge on any atom is 0.233 e. The van der Waals surface area contributed by atoms with Gasteiger partial charge in [-0.2, -0.15) is 0 Å². The number of carbonyl (C=O) groups excluding carboxylic acids is 3. The molecule has 0 aromatic rings. The number of carbonyl (C=O) groups is 3. The number of nitrogens with zero attached hydrogens (tertiary/aromatic N) is 2. The summed E-state index contributed by atoms with van der Waals surface area (Å²) in [5.41, 5.74) is 0. The van der Waals surface area contributed by atoms with Crippen molar-refractivity contribution in [3.8, 4) is 0 Å². The summed E-state index contributed by atoms with van der Waals surface area (Å²) in [6.45, 7) is 2.05. The van der Waals surface area contributed by atoms with E-state index in [9.17, 15) is 14.4 Å². The van der Waals surface area contributed by atoms with Crippen molar-refractivity contribution in [3.05, 3.63) is 0 Å². The van der Waals surface area contributed by atoms with Crippen LogP contribution in [0.25, 0.3) is 0 Å². The number of piperidine rings is 1. The van der Waals surface area contributed by atoms with Gasteiger partial charge < -0.3 is 14.4 Å². The van der Waals surface area contributed by atoms with Crippen LogP contribution >= 0.6 is 0 Å². The number of likely N-dealkylation sites (tertiary alicyclic amines) is 2. The first-order chi connectivity index (χ1) is 12.7. The monoisotopic (exact) mass is 364 g/mol. The van der Waals surface area contributed by atoms with Crippen LogP contribution in [-0.4, -0.2) is 66.2 Å². The Bertz CT molecular complexity index is 550. The molecule has 1 aliphatic carbocycles. The third-order valence-corrected chi connectivity index (χ3v) is 6.31. The summed E-state index contributed by atoms with van der Waals surface area (Å²) in [6, 6.07) is -0.0497. The van der Waals surface area contributed by atoms with E-state index in [1.165, 1.54) is 4.90 Å². The molecule has 3 heterocycles. The van der Waals surface area contributed by atoms with Crippen molar-refractivity contribution < 1.29 is 23.9 Å². The number of ether oxygens (including phenoxy) is 2. The molecule has 4 rings (SSSR count). The quantitative estimate of drug-likeness (QED) is 0.703. The van der Waals surface area contributed by atoms with Crippen molar-refractivity contribution in [1.29, 1.82) is 0 Å². The molecule has 26 heavy (non-hydrogen) atoms. The highest BCUT2D eigenvalue weighted by Gasteiger charge is 2.48. The molecule has 3 atom stereocenters. The number of imide groups is 1. The van der Waals surface area contributed by atoms with Crippen molar-refractivity contribution in [1.82, 2.24) is 9.80 Å². The summed E-state index contributed by atoms with van der Waals surface area (Å²) in [6.07, 6.45) is 6.42. The SMILES string of the molecule is O=C1C2CCCCC2C(=O)N1CCC(=O)N1CCCCC1C1OCCO1. The molecule has 0 spiro atoms. The van der Waals surface area contributed by atoms with E-state index in [0.29, 0.717) is 19.8 Å². The lowest BCUT2D eigenvalue weighted by Gasteiger charge is -2.38. The molecule has 3 amide bonds. The van der Waals surface area contributed by atoms with Gasteiger partial charge in [0, 0.05) is 19.5 Å². The number of hydrogen-bond acceptors (Lipinski definition) is 5. The summed E-state index contributed by atoms with van der Waals surface area (Å²) in [5.74, 6) is -0.427. The molecule has 1 saturated carbocycles. The zero-order valence-electron chi connectivity index (χ0n) is 15.2. The van der Waals surface area contributed by atoms with Gasteiger partial charge in [-0.05, 0) is 32.1 Å². The predicted octanol–water partition coefficient (Wildman–Crippen LogP) is 1.31. The summed E-state index contributed by atoms with van der Waals surface area (Å²) < 4.78 is 11.2. The average Bonchev–Trinajstić information content (AvgIpc) is 3.29. The summed E-state index contributed by atoms with van der Waals surface area (Å²) in [7, 11) is 0. The van der Waals surface area contributed by atoms with E-state index in [1.54, 1.807) is 0 Å². The zero-order chi connectivity index (χ0) is 18.1. The van der Waals surface area contributed by atoms with E-state index < -0.39 is 0 Å². The largest absolute Gasteiger partial charge is 0.348 e. The van der Waals surface area contributed by atoms with Gasteiger partial charge in [0.25, 0.3) is 0 Å². The lowest BCUT2D eigenvalue weighted by molar-refractivity contribution is -0.151. The van der Waals surface area contributed by atoms with E-state index in [1.807, 2.05) is 4.90 Å². The number of amides is 3. The molecule has 0 bridgehead atoms. The van der Waals surface area contributed by atoms with Gasteiger partial charge >= 0.3 is 0 Å². The Balaban J connectivity index is 1.36. The standard InChI is InChI=1S/C19H28N2O5/c22-16(20-9-4-3-7-15(20)19-25-11-12-26-19)8-10-21-17(23)13-5-1-2-6-14(13)18(21)24/h13-15,19H,1-12H2. The van der Waals surface area contributed by atoms with Gasteiger partial charge in [-0.1, -0.05) is 12.8 Å². The van der Waals surface area contributed by atoms with Crippen molar-refractivity contribution in [2.45, 2.75) is 63.7 Å². The Morgan fingerprint density at radius 2 is 1.54 bits per heavy atom. The van der Waals surface area contributed by atoms with Crippen LogP contribution in [-0.2, 0) is 23.9 Å². The van der Waals surface area contributed by atoms with Crippen LogP contribution in [0.5, 0.6) is 0 Å². The van der Waals surface area contributed by atoms with Crippen molar-refractivity contribution in [3.63, 3.8) is 0 Å². The summed E-state index contributed by atoms with van der Waals surface area (Å²) in [4.78, 5) is 41.1. The van der Waals surface area contributed by atoms with Crippen molar-refractivity contribution in [2.24, 2.45) is 11.8 Å². The van der Waals surface area contributed by atoms with Crippen LogP contribution in [0, 0.1) is 11.8 Å². The molecule has 0 aromatic heterocycles. The molecule has 3 saturated heterocycles. The van der Waals surface area contributed by atoms with Gasteiger partial charge in [0.1, 0.15) is 0 Å². The number of rotatable bonds is 4. The van der Waals surface area contributed by atoms with E-state index >= 15 is 0 Å². The third-order valence-electron chi connectivity index (χ3n) is 6.31. The maximum atomic E-state index is 12.8. The summed E-state index contributed by atoms with van der Waals surface area (Å²) >= 11 is 0. The summed E-state index contributed by atoms with van der Waals surface area (Å²) in [5, 5.41) is 0. The van der Waals surface area contributed by atoms with Gasteiger partial charge in [-0.15, -0.1) is 0 Å². The van der Waals surface area contributed by atoms with Crippen LogP contribution < -0.4 is 0 Å². The number of hydrogen-bond donors (Lipinski definition) is 0. The molecule has 3 unspecified atom stereocenters. The lowest BCUT2D eigenvalue weighted by Crippen LogP contribution is -2.50. The fourth-order valence-corrected chi connectivity index (χ4v) is 4.95. The Morgan fingerprint density at radius 1 is 0.923 bits per heavy atom. The van der Waals surface area contributed by atoms with Gasteiger partial charge in [0.05, 0.1) is 31.1 Å². The van der Waals surface area contributed by atoms with Crippen LogP contribution in [0.15, 0.2) is 0 Å². The molecule has 144 valence electrons. The van der Waals surface area contributed by atoms with Crippen LogP contribution in [0.3, 0.4) is 0 Å². The van der Waals surface area contributed by atoms with E-state index in [0.717, 1.165) is 44.9 Å². The van der Waals surface area contributed by atoms with E-state index in [4.69, 9.17) is 9.47 Å². The molecule has 0 radical (unpaired) electrons. The third kappa shape index (κ3) is 3.27. The normalized spacial score (nSPS) is 33.0. The minimum atomic E-state index is -0.336. The Labute approximate surface area is 154 Å². The molecule has 0 aromatic carbocycles.